The molecular formula is C23H17F3N5O5+. The van der Waals surface area contributed by atoms with Gasteiger partial charge in [-0.1, -0.05) is 0 Å². The maximum absolute atomic E-state index is 12.4. The molecular weight excluding hydrogens is 483 g/mol. The number of hydrogen-bond donors (Lipinski definition) is 1. The van der Waals surface area contributed by atoms with Crippen LogP contribution in [0.3, 0.4) is 0 Å². The molecule has 4 aromatic rings. The second kappa shape index (κ2) is 9.74. The van der Waals surface area contributed by atoms with Crippen LogP contribution in [0.1, 0.15) is 0 Å². The molecule has 0 unspecified atom stereocenters. The third kappa shape index (κ3) is 5.75. The Morgan fingerprint density at radius 1 is 0.972 bits per heavy atom. The molecule has 0 atom stereocenters. The third-order valence-corrected chi connectivity index (χ3v) is 4.88. The van der Waals surface area contributed by atoms with Crippen LogP contribution in [0.15, 0.2) is 79.1 Å². The van der Waals surface area contributed by atoms with Crippen molar-refractivity contribution in [2.24, 2.45) is 0 Å². The molecule has 3 aromatic carbocycles. The average molecular weight is 500 g/mol. The molecule has 184 valence electrons. The number of halogens is 3. The van der Waals surface area contributed by atoms with E-state index < -0.39 is 12.5 Å². The molecule has 4 rings (SSSR count). The van der Waals surface area contributed by atoms with Gasteiger partial charge in [-0.3, -0.25) is 4.90 Å². The molecule has 36 heavy (non-hydrogen) atoms. The minimum absolute atomic E-state index is 0.0118. The monoisotopic (exact) mass is 500 g/mol. The number of aromatic nitrogens is 3. The third-order valence-electron chi connectivity index (χ3n) is 4.88. The number of carbonyl (C=O) groups excluding carboxylic acids is 1. The van der Waals surface area contributed by atoms with Gasteiger partial charge in [0.05, 0.1) is 10.6 Å². The van der Waals surface area contributed by atoms with E-state index in [1.54, 1.807) is 24.3 Å². The maximum Gasteiger partial charge on any atom is 0.573 e. The Morgan fingerprint density at radius 3 is 2.17 bits per heavy atom. The molecule has 0 fully saturated rings. The van der Waals surface area contributed by atoms with Crippen LogP contribution in [-0.4, -0.2) is 44.4 Å². The van der Waals surface area contributed by atoms with Gasteiger partial charge in [-0.25, -0.2) is 19.7 Å². The van der Waals surface area contributed by atoms with E-state index in [1.165, 1.54) is 71.5 Å². The molecule has 0 radical (unpaired) electrons. The predicted molar refractivity (Wildman–Crippen MR) is 119 cm³/mol. The van der Waals surface area contributed by atoms with Crippen molar-refractivity contribution in [2.75, 3.05) is 11.9 Å². The van der Waals surface area contributed by atoms with Crippen LogP contribution >= 0.6 is 0 Å². The lowest BCUT2D eigenvalue weighted by Crippen LogP contribution is -2.29. The summed E-state index contributed by atoms with van der Waals surface area (Å²) in [7, 11) is 1.51. The van der Waals surface area contributed by atoms with Crippen molar-refractivity contribution >= 4 is 17.5 Å². The Hall–Kier alpha value is -4.94. The topological polar surface area (TPSA) is 110 Å². The number of amides is 1. The van der Waals surface area contributed by atoms with Crippen molar-refractivity contribution in [3.05, 3.63) is 84.0 Å². The lowest BCUT2D eigenvalue weighted by Gasteiger charge is -2.17. The van der Waals surface area contributed by atoms with Gasteiger partial charge in [0, 0.05) is 30.4 Å². The molecule has 1 aromatic heterocycles. The van der Waals surface area contributed by atoms with E-state index in [-0.39, 0.29) is 22.1 Å². The first-order valence-electron chi connectivity index (χ1n) is 10.2. The zero-order valence-electron chi connectivity index (χ0n) is 18.5. The molecule has 0 spiro atoms. The fraction of sp³-hybridized carbons (Fsp3) is 0.0870. The Labute approximate surface area is 201 Å². The summed E-state index contributed by atoms with van der Waals surface area (Å²) in [4.78, 5) is 28.4. The molecule has 1 heterocycles. The fourth-order valence-corrected chi connectivity index (χ4v) is 3.07. The van der Waals surface area contributed by atoms with Gasteiger partial charge in [-0.2, -0.15) is 0 Å². The lowest BCUT2D eigenvalue weighted by atomic mass is 10.2. The SMILES string of the molecule is CN(C(=O)Oc1ccc([N+](=O)O)cc1)c1ccc(-c2ncn(-c3ccc(OC(F)(F)F)cc3)n2)cc1. The zero-order chi connectivity index (χ0) is 25.9. The minimum Gasteiger partial charge on any atom is -0.410 e. The summed E-state index contributed by atoms with van der Waals surface area (Å²) in [5, 5.41) is 13.2. The Kier molecular flexibility index (Phi) is 6.54. The highest BCUT2D eigenvalue weighted by Crippen LogP contribution is 2.25. The Balaban J connectivity index is 1.41. The van der Waals surface area contributed by atoms with Gasteiger partial charge < -0.3 is 9.47 Å². The molecule has 0 aliphatic rings. The van der Waals surface area contributed by atoms with Crippen molar-refractivity contribution in [3.63, 3.8) is 0 Å². The quantitative estimate of drug-likeness (QED) is 0.359. The largest absolute Gasteiger partial charge is 0.573 e. The molecule has 1 N–H and O–H groups in total. The maximum atomic E-state index is 12.4. The molecule has 10 nitrogen and oxygen atoms in total. The zero-order valence-corrected chi connectivity index (χ0v) is 18.5. The number of rotatable bonds is 6. The van der Waals surface area contributed by atoms with Gasteiger partial charge in [0.2, 0.25) is 0 Å². The smallest absolute Gasteiger partial charge is 0.410 e. The van der Waals surface area contributed by atoms with Crippen molar-refractivity contribution in [1.82, 2.24) is 14.8 Å². The summed E-state index contributed by atoms with van der Waals surface area (Å²) in [6.07, 6.45) is -4.04. The second-order valence-electron chi connectivity index (χ2n) is 7.30. The number of anilines is 1. The number of benzene rings is 3. The molecule has 0 aliphatic heterocycles. The van der Waals surface area contributed by atoms with E-state index in [0.29, 0.717) is 22.8 Å². The Morgan fingerprint density at radius 2 is 1.58 bits per heavy atom. The fourth-order valence-electron chi connectivity index (χ4n) is 3.07. The molecule has 0 saturated carbocycles. The summed E-state index contributed by atoms with van der Waals surface area (Å²) in [5.41, 5.74) is 1.62. The van der Waals surface area contributed by atoms with E-state index >= 15 is 0 Å². The normalized spacial score (nSPS) is 11.1. The number of carbonyl (C=O) groups is 1. The van der Waals surface area contributed by atoms with E-state index in [4.69, 9.17) is 9.94 Å². The van der Waals surface area contributed by atoms with Gasteiger partial charge in [0.15, 0.2) is 5.82 Å². The first-order valence-corrected chi connectivity index (χ1v) is 10.2. The number of hydrogen-bond acceptors (Lipinski definition) is 6. The standard InChI is InChI=1S/C23H17F3N5O5/c1-29(22(32)35-19-10-8-18(9-11-19)31(33)34)16-4-2-15(3-5-16)21-27-14-30(28-21)17-6-12-20(13-7-17)36-23(24,25)26/h2-14H,1H3,(H,33,34)/q+1. The number of nitrogens with zero attached hydrogens (tertiary/aromatic N) is 5. The lowest BCUT2D eigenvalue weighted by molar-refractivity contribution is -0.729. The van der Waals surface area contributed by atoms with Crippen molar-refractivity contribution < 1.29 is 37.6 Å². The van der Waals surface area contributed by atoms with Crippen LogP contribution in [0, 0.1) is 4.91 Å². The highest BCUT2D eigenvalue weighted by molar-refractivity contribution is 5.88. The molecule has 0 bridgehead atoms. The molecule has 13 heteroatoms. The summed E-state index contributed by atoms with van der Waals surface area (Å²) in [5.74, 6) is 0.196. The van der Waals surface area contributed by atoms with Crippen LogP contribution in [0.5, 0.6) is 11.5 Å². The van der Waals surface area contributed by atoms with E-state index in [1.807, 2.05) is 0 Å². The van der Waals surface area contributed by atoms with E-state index in [0.717, 1.165) is 0 Å². The van der Waals surface area contributed by atoms with Crippen LogP contribution in [0.4, 0.5) is 29.3 Å². The summed E-state index contributed by atoms with van der Waals surface area (Å²) < 4.78 is 47.5. The first-order chi connectivity index (χ1) is 17.1. The highest BCUT2D eigenvalue weighted by Gasteiger charge is 2.31. The van der Waals surface area contributed by atoms with Crippen molar-refractivity contribution in [1.29, 1.82) is 0 Å². The summed E-state index contributed by atoms with van der Waals surface area (Å²) >= 11 is 0. The predicted octanol–water partition coefficient (Wildman–Crippen LogP) is 5.27. The van der Waals surface area contributed by atoms with Crippen LogP contribution in [-0.2, 0) is 0 Å². The highest BCUT2D eigenvalue weighted by atomic mass is 19.4. The summed E-state index contributed by atoms with van der Waals surface area (Å²) in [6.45, 7) is 0. The van der Waals surface area contributed by atoms with Gasteiger partial charge in [-0.15, -0.1) is 18.3 Å². The molecule has 1 amide bonds. The first kappa shape index (κ1) is 24.2. The summed E-state index contributed by atoms with van der Waals surface area (Å²) in [6, 6.07) is 17.2. The van der Waals surface area contributed by atoms with E-state index in [9.17, 15) is 22.9 Å². The van der Waals surface area contributed by atoms with Gasteiger partial charge in [0.1, 0.15) is 17.8 Å². The number of ether oxygens (including phenoxy) is 2. The van der Waals surface area contributed by atoms with Gasteiger partial charge >= 0.3 is 18.1 Å². The molecule has 0 saturated heterocycles. The van der Waals surface area contributed by atoms with Gasteiger partial charge in [-0.05, 0) is 60.7 Å². The number of alkyl halides is 3. The van der Waals surface area contributed by atoms with Crippen LogP contribution < -0.4 is 14.4 Å². The average Bonchev–Trinajstić information content (AvgIpc) is 3.34. The minimum atomic E-state index is -4.77. The van der Waals surface area contributed by atoms with Gasteiger partial charge in [0.25, 0.3) is 4.92 Å². The Bertz CT molecular complexity index is 1370. The van der Waals surface area contributed by atoms with Crippen LogP contribution in [0.2, 0.25) is 0 Å². The van der Waals surface area contributed by atoms with Crippen molar-refractivity contribution in [3.8, 4) is 28.6 Å². The van der Waals surface area contributed by atoms with Crippen molar-refractivity contribution in [2.45, 2.75) is 6.36 Å². The second-order valence-corrected chi connectivity index (χ2v) is 7.30. The molecule has 0 aliphatic carbocycles. The van der Waals surface area contributed by atoms with Crippen LogP contribution in [0.25, 0.3) is 17.1 Å². The van der Waals surface area contributed by atoms with E-state index in [2.05, 4.69) is 14.8 Å².